The maximum absolute atomic E-state index is 4.01. The van der Waals surface area contributed by atoms with Crippen LogP contribution in [0.5, 0.6) is 0 Å². The molecule has 2 heteroatoms. The van der Waals surface area contributed by atoms with Gasteiger partial charge in [0.2, 0.25) is 0 Å². The number of fused-ring (bicyclic) bond motifs is 2. The van der Waals surface area contributed by atoms with Crippen LogP contribution in [0.1, 0.15) is 17.5 Å². The summed E-state index contributed by atoms with van der Waals surface area (Å²) in [6, 6.07) is 52.1. The summed E-state index contributed by atoms with van der Waals surface area (Å²) in [4.78, 5) is 2.31. The Morgan fingerprint density at radius 3 is 1.98 bits per heavy atom. The van der Waals surface area contributed by atoms with Gasteiger partial charge in [-0.2, -0.15) is 0 Å². The number of nitrogens with one attached hydrogen (secondary N) is 1. The third-order valence-corrected chi connectivity index (χ3v) is 9.20. The minimum absolute atomic E-state index is 0.0409. The highest BCUT2D eigenvalue weighted by molar-refractivity contribution is 6.03. The van der Waals surface area contributed by atoms with Gasteiger partial charge in [0.25, 0.3) is 0 Å². The fraction of sp³-hybridized carbons (Fsp3) is 0.0952. The van der Waals surface area contributed by atoms with Crippen LogP contribution < -0.4 is 10.2 Å². The smallest absolute Gasteiger partial charge is 0.0630 e. The molecular weight excluding hydrogens is 532 g/mol. The van der Waals surface area contributed by atoms with Gasteiger partial charge in [-0.1, -0.05) is 121 Å². The van der Waals surface area contributed by atoms with Crippen LogP contribution in [-0.4, -0.2) is 5.54 Å². The summed E-state index contributed by atoms with van der Waals surface area (Å²) >= 11 is 0. The van der Waals surface area contributed by atoms with Crippen molar-refractivity contribution in [2.45, 2.75) is 18.9 Å². The molecule has 1 N–H and O–H groups in total. The molecule has 2 atom stereocenters. The number of rotatable bonds is 7. The molecule has 0 saturated heterocycles. The number of anilines is 4. The van der Waals surface area contributed by atoms with Crippen molar-refractivity contribution in [3.8, 4) is 11.1 Å². The van der Waals surface area contributed by atoms with E-state index in [0.29, 0.717) is 5.92 Å². The first-order valence-corrected chi connectivity index (χ1v) is 15.5. The summed E-state index contributed by atoms with van der Waals surface area (Å²) in [6.45, 7) is 2.21. The molecule has 0 bridgehead atoms. The van der Waals surface area contributed by atoms with Gasteiger partial charge in [-0.05, 0) is 88.8 Å². The number of allylic oxidation sites excluding steroid dienone is 2. The zero-order valence-corrected chi connectivity index (χ0v) is 24.8. The van der Waals surface area contributed by atoms with Crippen molar-refractivity contribution < 1.29 is 0 Å². The van der Waals surface area contributed by atoms with E-state index in [9.17, 15) is 0 Å². The van der Waals surface area contributed by atoms with E-state index in [1.54, 1.807) is 0 Å². The molecule has 212 valence electrons. The maximum atomic E-state index is 4.01. The fourth-order valence-corrected chi connectivity index (χ4v) is 6.77. The maximum Gasteiger partial charge on any atom is 0.0630 e. The van der Waals surface area contributed by atoms with Gasteiger partial charge < -0.3 is 10.2 Å². The normalized spacial score (nSPS) is 18.4. The lowest BCUT2D eigenvalue weighted by Gasteiger charge is -2.26. The second kappa shape index (κ2) is 10.7. The van der Waals surface area contributed by atoms with Crippen molar-refractivity contribution >= 4 is 39.1 Å². The molecule has 0 spiro atoms. The van der Waals surface area contributed by atoms with E-state index in [1.165, 1.54) is 44.3 Å². The summed E-state index contributed by atoms with van der Waals surface area (Å²) in [6.07, 6.45) is 8.27. The number of aryl methyl sites for hydroxylation is 1. The highest BCUT2D eigenvalue weighted by Crippen LogP contribution is 2.53. The average Bonchev–Trinajstić information content (AvgIpc) is 3.80. The summed E-state index contributed by atoms with van der Waals surface area (Å²) in [7, 11) is 0. The second-order valence-corrected chi connectivity index (χ2v) is 12.0. The molecule has 0 amide bonds. The Balaban J connectivity index is 1.08. The Bertz CT molecular complexity index is 1980. The van der Waals surface area contributed by atoms with Crippen molar-refractivity contribution in [3.63, 3.8) is 0 Å². The van der Waals surface area contributed by atoms with Crippen molar-refractivity contribution in [2.75, 3.05) is 10.2 Å². The first-order valence-electron chi connectivity index (χ1n) is 15.5. The molecule has 6 aromatic rings. The van der Waals surface area contributed by atoms with E-state index in [2.05, 4.69) is 181 Å². The summed E-state index contributed by atoms with van der Waals surface area (Å²) in [5, 5.41) is 6.57. The molecule has 6 aromatic carbocycles. The lowest BCUT2D eigenvalue weighted by molar-refractivity contribution is 0.857. The molecule has 2 aliphatic carbocycles. The predicted octanol–water partition coefficient (Wildman–Crippen LogP) is 11.1. The van der Waals surface area contributed by atoms with Crippen LogP contribution in [0.25, 0.3) is 27.5 Å². The standard InChI is InChI=1S/C42H34N2/c1-30-12-8-10-18-38(30)41-39-19-11-9-13-32(39)22-25-40(41)43-42-27-26-33(28-34(42)29-42)31-20-23-37(24-21-31)44(35-14-4-2-5-15-35)36-16-6-3-7-17-36/h2-28,34,43H,29H2,1H3. The molecule has 0 heterocycles. The van der Waals surface area contributed by atoms with Crippen molar-refractivity contribution in [3.05, 3.63) is 175 Å². The van der Waals surface area contributed by atoms with E-state index in [1.807, 2.05) is 0 Å². The lowest BCUT2D eigenvalue weighted by atomic mass is 9.92. The van der Waals surface area contributed by atoms with E-state index in [0.717, 1.165) is 23.5 Å². The molecule has 44 heavy (non-hydrogen) atoms. The largest absolute Gasteiger partial charge is 0.375 e. The molecule has 2 aliphatic rings. The Morgan fingerprint density at radius 1 is 0.636 bits per heavy atom. The molecule has 0 radical (unpaired) electrons. The quantitative estimate of drug-likeness (QED) is 0.207. The van der Waals surface area contributed by atoms with Gasteiger partial charge in [0.1, 0.15) is 0 Å². The van der Waals surface area contributed by atoms with Crippen LogP contribution in [0, 0.1) is 12.8 Å². The molecular formula is C42H34N2. The molecule has 1 saturated carbocycles. The Kier molecular flexibility index (Phi) is 6.42. The van der Waals surface area contributed by atoms with E-state index in [4.69, 9.17) is 0 Å². The SMILES string of the molecule is Cc1ccccc1-c1c(NC23C=CC(c4ccc(N(c5ccccc5)c5ccccc5)cc4)=CC2C3)ccc2ccccc12. The van der Waals surface area contributed by atoms with Crippen LogP contribution >= 0.6 is 0 Å². The summed E-state index contributed by atoms with van der Waals surface area (Å²) in [5.74, 6) is 0.462. The topological polar surface area (TPSA) is 15.3 Å². The van der Waals surface area contributed by atoms with Crippen molar-refractivity contribution in [2.24, 2.45) is 5.92 Å². The third-order valence-electron chi connectivity index (χ3n) is 9.20. The van der Waals surface area contributed by atoms with Crippen LogP contribution in [0.4, 0.5) is 22.7 Å². The molecule has 0 aliphatic heterocycles. The molecule has 1 fully saturated rings. The van der Waals surface area contributed by atoms with Crippen LogP contribution in [0.3, 0.4) is 0 Å². The Morgan fingerprint density at radius 2 is 1.27 bits per heavy atom. The molecule has 2 nitrogen and oxygen atoms in total. The highest BCUT2D eigenvalue weighted by Gasteiger charge is 2.52. The van der Waals surface area contributed by atoms with Gasteiger partial charge in [0.05, 0.1) is 5.54 Å². The van der Waals surface area contributed by atoms with Gasteiger partial charge >= 0.3 is 0 Å². The minimum Gasteiger partial charge on any atom is -0.375 e. The summed E-state index contributed by atoms with van der Waals surface area (Å²) < 4.78 is 0. The van der Waals surface area contributed by atoms with Crippen LogP contribution in [-0.2, 0) is 0 Å². The Labute approximate surface area is 259 Å². The second-order valence-electron chi connectivity index (χ2n) is 12.0. The van der Waals surface area contributed by atoms with Gasteiger partial charge in [-0.3, -0.25) is 0 Å². The van der Waals surface area contributed by atoms with Crippen molar-refractivity contribution in [1.82, 2.24) is 0 Å². The number of hydrogen-bond donors (Lipinski definition) is 1. The zero-order valence-electron chi connectivity index (χ0n) is 24.8. The van der Waals surface area contributed by atoms with Gasteiger partial charge in [0.15, 0.2) is 0 Å². The first-order chi connectivity index (χ1) is 21.7. The average molecular weight is 567 g/mol. The van der Waals surface area contributed by atoms with Gasteiger partial charge in [0, 0.05) is 34.2 Å². The fourth-order valence-electron chi connectivity index (χ4n) is 6.77. The van der Waals surface area contributed by atoms with Gasteiger partial charge in [-0.15, -0.1) is 0 Å². The highest BCUT2D eigenvalue weighted by atomic mass is 15.1. The molecule has 2 unspecified atom stereocenters. The molecule has 8 rings (SSSR count). The van der Waals surface area contributed by atoms with Gasteiger partial charge in [-0.25, -0.2) is 0 Å². The number of nitrogens with zero attached hydrogens (tertiary/aromatic N) is 1. The number of hydrogen-bond acceptors (Lipinski definition) is 2. The lowest BCUT2D eigenvalue weighted by Crippen LogP contribution is -2.23. The first kappa shape index (κ1) is 26.3. The minimum atomic E-state index is -0.0409. The zero-order chi connectivity index (χ0) is 29.5. The number of benzene rings is 6. The molecule has 0 aromatic heterocycles. The van der Waals surface area contributed by atoms with E-state index in [-0.39, 0.29) is 5.54 Å². The monoisotopic (exact) mass is 566 g/mol. The van der Waals surface area contributed by atoms with Crippen LogP contribution in [0.2, 0.25) is 0 Å². The van der Waals surface area contributed by atoms with Crippen molar-refractivity contribution in [1.29, 1.82) is 0 Å². The number of para-hydroxylation sites is 2. The van der Waals surface area contributed by atoms with Crippen LogP contribution in [0.15, 0.2) is 164 Å². The summed E-state index contributed by atoms with van der Waals surface area (Å²) in [5.41, 5.74) is 11.0. The Hall–Kier alpha value is -5.34. The third kappa shape index (κ3) is 4.69. The predicted molar refractivity (Wildman–Crippen MR) is 187 cm³/mol. The van der Waals surface area contributed by atoms with E-state index < -0.39 is 0 Å². The van der Waals surface area contributed by atoms with E-state index >= 15 is 0 Å².